The largest absolute Gasteiger partial charge is 0.280 e. The van der Waals surface area contributed by atoms with Crippen LogP contribution in [-0.2, 0) is 10.0 Å². The fraction of sp³-hybridized carbons (Fsp3) is 0.143. The molecule has 0 aromatic heterocycles. The fourth-order valence-corrected chi connectivity index (χ4v) is 3.06. The number of nitrogens with one attached hydrogen (secondary N) is 1. The Kier molecular flexibility index (Phi) is 3.76. The summed E-state index contributed by atoms with van der Waals surface area (Å²) < 4.78 is 53.0. The molecule has 0 atom stereocenters. The van der Waals surface area contributed by atoms with E-state index in [0.29, 0.717) is 5.56 Å². The van der Waals surface area contributed by atoms with Crippen LogP contribution < -0.4 is 4.72 Å². The van der Waals surface area contributed by atoms with Crippen LogP contribution in [0, 0.1) is 25.5 Å². The van der Waals surface area contributed by atoms with Crippen LogP contribution >= 0.6 is 0 Å². The molecule has 0 amide bonds. The predicted octanol–water partition coefficient (Wildman–Crippen LogP) is 3.38. The highest BCUT2D eigenvalue weighted by atomic mass is 32.2. The Hall–Kier alpha value is -1.95. The van der Waals surface area contributed by atoms with E-state index < -0.39 is 21.7 Å². The SMILES string of the molecule is Cc1ccc(NS(=O)(=O)c2ccc(F)cc2C)cc1F. The molecule has 0 bridgehead atoms. The van der Waals surface area contributed by atoms with Gasteiger partial charge in [-0.1, -0.05) is 6.07 Å². The van der Waals surface area contributed by atoms with Crippen molar-refractivity contribution in [2.24, 2.45) is 0 Å². The second-order valence-corrected chi connectivity index (χ2v) is 6.13. The third-order valence-corrected chi connectivity index (χ3v) is 4.39. The number of rotatable bonds is 3. The van der Waals surface area contributed by atoms with Gasteiger partial charge in [-0.2, -0.15) is 0 Å². The standard InChI is InChI=1S/C14H13F2NO2S/c1-9-3-5-12(8-13(9)16)17-20(18,19)14-6-4-11(15)7-10(14)2/h3-8,17H,1-2H3. The van der Waals surface area contributed by atoms with E-state index in [1.807, 2.05) is 0 Å². The van der Waals surface area contributed by atoms with Crippen molar-refractivity contribution in [3.05, 3.63) is 59.2 Å². The Morgan fingerprint density at radius 3 is 2.25 bits per heavy atom. The van der Waals surface area contributed by atoms with E-state index in [1.54, 1.807) is 6.92 Å². The quantitative estimate of drug-likeness (QED) is 0.944. The first-order valence-electron chi connectivity index (χ1n) is 5.85. The van der Waals surface area contributed by atoms with Gasteiger partial charge in [-0.3, -0.25) is 4.72 Å². The number of halogens is 2. The van der Waals surface area contributed by atoms with Gasteiger partial charge >= 0.3 is 0 Å². The summed E-state index contributed by atoms with van der Waals surface area (Å²) in [7, 11) is -3.87. The molecule has 0 aliphatic rings. The highest BCUT2D eigenvalue weighted by molar-refractivity contribution is 7.92. The van der Waals surface area contributed by atoms with Crippen LogP contribution in [0.3, 0.4) is 0 Å². The molecule has 2 aromatic carbocycles. The van der Waals surface area contributed by atoms with Gasteiger partial charge in [0.2, 0.25) is 0 Å². The minimum absolute atomic E-state index is 0.0418. The summed E-state index contributed by atoms with van der Waals surface area (Å²) in [5.41, 5.74) is 0.827. The smallest absolute Gasteiger partial charge is 0.262 e. The van der Waals surface area contributed by atoms with Crippen LogP contribution in [0.1, 0.15) is 11.1 Å². The van der Waals surface area contributed by atoms with Crippen LogP contribution in [0.2, 0.25) is 0 Å². The molecule has 0 aliphatic heterocycles. The fourth-order valence-electron chi connectivity index (χ4n) is 1.78. The summed E-state index contributed by atoms with van der Waals surface area (Å²) in [4.78, 5) is -0.0418. The zero-order valence-electron chi connectivity index (χ0n) is 10.9. The summed E-state index contributed by atoms with van der Waals surface area (Å²) in [5, 5.41) is 0. The zero-order chi connectivity index (χ0) is 14.9. The van der Waals surface area contributed by atoms with Crippen molar-refractivity contribution in [2.75, 3.05) is 4.72 Å². The van der Waals surface area contributed by atoms with Crippen LogP contribution in [0.15, 0.2) is 41.3 Å². The second-order valence-electron chi connectivity index (χ2n) is 4.48. The molecule has 2 rings (SSSR count). The van der Waals surface area contributed by atoms with Crippen molar-refractivity contribution in [2.45, 2.75) is 18.7 Å². The molecule has 20 heavy (non-hydrogen) atoms. The van der Waals surface area contributed by atoms with Crippen molar-refractivity contribution in [1.29, 1.82) is 0 Å². The Labute approximate surface area is 116 Å². The maximum Gasteiger partial charge on any atom is 0.262 e. The molecular weight excluding hydrogens is 284 g/mol. The van der Waals surface area contributed by atoms with Crippen LogP contribution in [0.5, 0.6) is 0 Å². The summed E-state index contributed by atoms with van der Waals surface area (Å²) >= 11 is 0. The van der Waals surface area contributed by atoms with Crippen molar-refractivity contribution < 1.29 is 17.2 Å². The monoisotopic (exact) mass is 297 g/mol. The molecule has 0 fully saturated rings. The van der Waals surface area contributed by atoms with E-state index in [9.17, 15) is 17.2 Å². The van der Waals surface area contributed by atoms with Crippen LogP contribution in [-0.4, -0.2) is 8.42 Å². The number of benzene rings is 2. The molecule has 0 unspecified atom stereocenters. The number of hydrogen-bond acceptors (Lipinski definition) is 2. The lowest BCUT2D eigenvalue weighted by Crippen LogP contribution is -2.14. The summed E-state index contributed by atoms with van der Waals surface area (Å²) in [6.07, 6.45) is 0. The normalized spacial score (nSPS) is 11.4. The van der Waals surface area contributed by atoms with Gasteiger partial charge in [0.1, 0.15) is 11.6 Å². The van der Waals surface area contributed by atoms with Gasteiger partial charge in [0.15, 0.2) is 0 Å². The minimum Gasteiger partial charge on any atom is -0.280 e. The van der Waals surface area contributed by atoms with E-state index >= 15 is 0 Å². The van der Waals surface area contributed by atoms with Crippen molar-refractivity contribution in [3.63, 3.8) is 0 Å². The van der Waals surface area contributed by atoms with E-state index in [1.165, 1.54) is 25.1 Å². The number of sulfonamides is 1. The lowest BCUT2D eigenvalue weighted by atomic mass is 10.2. The zero-order valence-corrected chi connectivity index (χ0v) is 11.8. The van der Waals surface area contributed by atoms with Crippen LogP contribution in [0.25, 0.3) is 0 Å². The highest BCUT2D eigenvalue weighted by Gasteiger charge is 2.17. The molecular formula is C14H13F2NO2S. The molecule has 3 nitrogen and oxygen atoms in total. The van der Waals surface area contributed by atoms with Crippen molar-refractivity contribution in [3.8, 4) is 0 Å². The van der Waals surface area contributed by atoms with E-state index in [4.69, 9.17) is 0 Å². The van der Waals surface area contributed by atoms with Gasteiger partial charge < -0.3 is 0 Å². The van der Waals surface area contributed by atoms with E-state index in [-0.39, 0.29) is 16.1 Å². The number of hydrogen-bond donors (Lipinski definition) is 1. The van der Waals surface area contributed by atoms with Crippen LogP contribution in [0.4, 0.5) is 14.5 Å². The van der Waals surface area contributed by atoms with Gasteiger partial charge in [0.05, 0.1) is 10.6 Å². The molecule has 0 heterocycles. The van der Waals surface area contributed by atoms with Gasteiger partial charge in [0, 0.05) is 0 Å². The van der Waals surface area contributed by atoms with Gasteiger partial charge in [-0.25, -0.2) is 17.2 Å². The van der Waals surface area contributed by atoms with Crippen molar-refractivity contribution in [1.82, 2.24) is 0 Å². The summed E-state index contributed by atoms with van der Waals surface area (Å²) in [6.45, 7) is 3.07. The number of anilines is 1. The molecule has 0 aliphatic carbocycles. The Morgan fingerprint density at radius 2 is 1.65 bits per heavy atom. The lowest BCUT2D eigenvalue weighted by molar-refractivity contribution is 0.598. The van der Waals surface area contributed by atoms with E-state index in [0.717, 1.165) is 18.2 Å². The molecule has 0 saturated carbocycles. The average molecular weight is 297 g/mol. The van der Waals surface area contributed by atoms with Gasteiger partial charge in [0.25, 0.3) is 10.0 Å². The topological polar surface area (TPSA) is 46.2 Å². The summed E-state index contributed by atoms with van der Waals surface area (Å²) in [6, 6.07) is 7.42. The molecule has 2 aromatic rings. The minimum atomic E-state index is -3.87. The first kappa shape index (κ1) is 14.5. The third-order valence-electron chi connectivity index (χ3n) is 2.85. The lowest BCUT2D eigenvalue weighted by Gasteiger charge is -2.11. The van der Waals surface area contributed by atoms with E-state index in [2.05, 4.69) is 4.72 Å². The Morgan fingerprint density at radius 1 is 0.950 bits per heavy atom. The maximum absolute atomic E-state index is 13.4. The molecule has 6 heteroatoms. The van der Waals surface area contributed by atoms with Gasteiger partial charge in [-0.15, -0.1) is 0 Å². The molecule has 1 N–H and O–H groups in total. The predicted molar refractivity (Wildman–Crippen MR) is 73.1 cm³/mol. The molecule has 0 saturated heterocycles. The second kappa shape index (κ2) is 5.20. The Bertz CT molecular complexity index is 758. The first-order valence-corrected chi connectivity index (χ1v) is 7.33. The first-order chi connectivity index (χ1) is 9.29. The summed E-state index contributed by atoms with van der Waals surface area (Å²) in [5.74, 6) is -1.01. The molecule has 0 spiro atoms. The molecule has 0 radical (unpaired) electrons. The van der Waals surface area contributed by atoms with Gasteiger partial charge in [-0.05, 0) is 55.3 Å². The number of aryl methyl sites for hydroxylation is 2. The molecule has 106 valence electrons. The Balaban J connectivity index is 2.38. The maximum atomic E-state index is 13.4. The average Bonchev–Trinajstić information content (AvgIpc) is 2.33. The highest BCUT2D eigenvalue weighted by Crippen LogP contribution is 2.21. The third kappa shape index (κ3) is 2.96. The van der Waals surface area contributed by atoms with Crippen molar-refractivity contribution >= 4 is 15.7 Å².